The SMILES string of the molecule is COc1cc(-c2[o+]c3cc(O)cc(O[C@@H]4OC(CO)[C@@H](O)[C@H](O)C4O)c3cc2O[C@@H]2OC(CO[C@@H]3OC(C)[C@H](OC(=O)/C=C/c4ccc(O)c(O)c4)[C@H](O)C3O)[C@@H](O)C(O)C2O)ccc1O. The van der Waals surface area contributed by atoms with E-state index in [9.17, 15) is 71.2 Å². The molecular weight excluding hydrogens is 884 g/mol. The molecule has 0 amide bonds. The zero-order chi connectivity index (χ0) is 47.7. The standard InChI is InChI=1S/C43H48O23/c1-16-39(66-30(49)8-4-17-3-6-21(46)23(48)9-17)35(54)38(57)41(60-16)59-15-29-32(51)34(53)37(56)43(65-29)63-27-13-20-24(61-40(27)18-5-7-22(47)26(10-18)58-2)11-19(45)12-25(20)62-42-36(55)33(52)31(50)28(14-44)64-42/h3-13,16,28-29,31-39,41-44,50-57H,14-15H2,1-2H3,(H3-,45,46,47,48,49)/p+1/t16?,28?,29?,31-,32-,33+,34?,35-,36?,37?,38?,39+,41-,42-,43-/m1/s1. The minimum absolute atomic E-state index is 0.00577. The van der Waals surface area contributed by atoms with Crippen LogP contribution in [0.15, 0.2) is 65.1 Å². The van der Waals surface area contributed by atoms with Gasteiger partial charge in [0.25, 0.3) is 0 Å². The van der Waals surface area contributed by atoms with Gasteiger partial charge in [0, 0.05) is 24.3 Å². The molecule has 66 heavy (non-hydrogen) atoms. The Morgan fingerprint density at radius 2 is 1.30 bits per heavy atom. The molecule has 15 atom stereocenters. The molecule has 23 heteroatoms. The quantitative estimate of drug-likeness (QED) is 0.0320. The second kappa shape index (κ2) is 20.1. The smallest absolute Gasteiger partial charge is 0.402 e. The minimum Gasteiger partial charge on any atom is -0.507 e. The van der Waals surface area contributed by atoms with E-state index in [0.29, 0.717) is 5.56 Å². The van der Waals surface area contributed by atoms with E-state index >= 15 is 0 Å². The monoisotopic (exact) mass is 933 g/mol. The van der Waals surface area contributed by atoms with Crippen molar-refractivity contribution >= 4 is 23.0 Å². The van der Waals surface area contributed by atoms with E-state index in [0.717, 1.165) is 12.1 Å². The van der Waals surface area contributed by atoms with Crippen molar-refractivity contribution in [3.05, 3.63) is 66.2 Å². The number of hydrogen-bond acceptors (Lipinski definition) is 22. The van der Waals surface area contributed by atoms with Crippen molar-refractivity contribution in [3.63, 3.8) is 0 Å². The number of aliphatic hydroxyl groups is 9. The van der Waals surface area contributed by atoms with Crippen LogP contribution in [0.5, 0.6) is 40.2 Å². The average Bonchev–Trinajstić information content (AvgIpc) is 3.29. The van der Waals surface area contributed by atoms with Gasteiger partial charge >= 0.3 is 17.3 Å². The van der Waals surface area contributed by atoms with Crippen LogP contribution in [0.4, 0.5) is 0 Å². The Hall–Kier alpha value is -5.64. The fourth-order valence-electron chi connectivity index (χ4n) is 7.42. The molecule has 4 aromatic rings. The van der Waals surface area contributed by atoms with Gasteiger partial charge in [-0.25, -0.2) is 9.21 Å². The summed E-state index contributed by atoms with van der Waals surface area (Å²) in [6.07, 6.45) is -23.1. The fraction of sp³-hybridized carbons (Fsp3) is 0.442. The highest BCUT2D eigenvalue weighted by Crippen LogP contribution is 2.43. The number of carbonyl (C=O) groups is 1. The Bertz CT molecular complexity index is 2380. The van der Waals surface area contributed by atoms with E-state index in [-0.39, 0.29) is 51.0 Å². The van der Waals surface area contributed by atoms with Crippen molar-refractivity contribution in [2.24, 2.45) is 0 Å². The number of aromatic hydroxyl groups is 4. The fourth-order valence-corrected chi connectivity index (χ4v) is 7.42. The molecule has 0 aliphatic carbocycles. The number of hydrogen-bond donors (Lipinski definition) is 13. The number of methoxy groups -OCH3 is 1. The largest absolute Gasteiger partial charge is 0.507 e. The molecule has 3 aliphatic heterocycles. The number of benzene rings is 3. The summed E-state index contributed by atoms with van der Waals surface area (Å²) in [6.45, 7) is -0.0176. The molecule has 3 fully saturated rings. The summed E-state index contributed by atoms with van der Waals surface area (Å²) < 4.78 is 51.5. The molecule has 358 valence electrons. The summed E-state index contributed by atoms with van der Waals surface area (Å²) in [5.74, 6) is -3.11. The van der Waals surface area contributed by atoms with Gasteiger partial charge in [0.1, 0.15) is 77.9 Å². The van der Waals surface area contributed by atoms with Crippen LogP contribution < -0.4 is 14.2 Å². The van der Waals surface area contributed by atoms with Crippen molar-refractivity contribution in [1.29, 1.82) is 0 Å². The van der Waals surface area contributed by atoms with Crippen molar-refractivity contribution in [1.82, 2.24) is 0 Å². The molecule has 1 aromatic heterocycles. The van der Waals surface area contributed by atoms with Crippen LogP contribution in [0.1, 0.15) is 12.5 Å². The summed E-state index contributed by atoms with van der Waals surface area (Å²) in [5, 5.41) is 136. The Labute approximate surface area is 373 Å². The molecule has 0 saturated carbocycles. The van der Waals surface area contributed by atoms with E-state index in [1.807, 2.05) is 0 Å². The molecule has 0 bridgehead atoms. The van der Waals surface area contributed by atoms with Gasteiger partial charge < -0.3 is 104 Å². The number of phenols is 4. The maximum atomic E-state index is 12.6. The van der Waals surface area contributed by atoms with Gasteiger partial charge in [0.05, 0.1) is 38.1 Å². The molecule has 7 rings (SSSR count). The lowest BCUT2D eigenvalue weighted by molar-refractivity contribution is -0.319. The van der Waals surface area contributed by atoms with Gasteiger partial charge in [-0.15, -0.1) is 0 Å². The first-order chi connectivity index (χ1) is 31.4. The number of ether oxygens (including phenoxy) is 8. The average molecular weight is 934 g/mol. The van der Waals surface area contributed by atoms with Crippen molar-refractivity contribution in [2.45, 2.75) is 99.0 Å². The van der Waals surface area contributed by atoms with Crippen molar-refractivity contribution < 1.29 is 113 Å². The third-order valence-electron chi connectivity index (χ3n) is 11.1. The molecule has 3 aromatic carbocycles. The third-order valence-corrected chi connectivity index (χ3v) is 11.1. The van der Waals surface area contributed by atoms with E-state index in [2.05, 4.69) is 0 Å². The predicted octanol–water partition coefficient (Wildman–Crippen LogP) is -1.31. The van der Waals surface area contributed by atoms with Gasteiger partial charge in [0.15, 0.2) is 35.4 Å². The van der Waals surface area contributed by atoms with E-state index in [1.165, 1.54) is 68.6 Å². The first-order valence-corrected chi connectivity index (χ1v) is 20.3. The number of fused-ring (bicyclic) bond motifs is 1. The summed E-state index contributed by atoms with van der Waals surface area (Å²) in [5.41, 5.74) is 0.421. The highest BCUT2D eigenvalue weighted by molar-refractivity contribution is 5.89. The maximum Gasteiger partial charge on any atom is 0.402 e. The number of carbonyl (C=O) groups excluding carboxylic acids is 1. The maximum absolute atomic E-state index is 12.6. The highest BCUT2D eigenvalue weighted by atomic mass is 16.7. The third kappa shape index (κ3) is 10.0. The Balaban J connectivity index is 1.11. The van der Waals surface area contributed by atoms with Crippen LogP contribution in [0.25, 0.3) is 28.4 Å². The summed E-state index contributed by atoms with van der Waals surface area (Å²) >= 11 is 0. The van der Waals surface area contributed by atoms with Gasteiger partial charge in [-0.05, 0) is 42.8 Å². The van der Waals surface area contributed by atoms with Gasteiger partial charge in [-0.2, -0.15) is 0 Å². The summed E-state index contributed by atoms with van der Waals surface area (Å²) in [7, 11) is 1.29. The summed E-state index contributed by atoms with van der Waals surface area (Å²) in [4.78, 5) is 12.6. The number of phenolic OH excluding ortho intramolecular Hbond substituents is 4. The zero-order valence-electron chi connectivity index (χ0n) is 34.8. The normalized spacial score (nSPS) is 32.6. The second-order valence-electron chi connectivity index (χ2n) is 15.6. The Morgan fingerprint density at radius 1 is 0.667 bits per heavy atom. The van der Waals surface area contributed by atoms with E-state index in [1.54, 1.807) is 0 Å². The molecule has 3 aliphatic rings. The molecule has 13 N–H and O–H groups in total. The van der Waals surface area contributed by atoms with Crippen molar-refractivity contribution in [2.75, 3.05) is 20.3 Å². The highest BCUT2D eigenvalue weighted by Gasteiger charge is 2.50. The Morgan fingerprint density at radius 3 is 1.97 bits per heavy atom. The first-order valence-electron chi connectivity index (χ1n) is 20.3. The predicted molar refractivity (Wildman–Crippen MR) is 219 cm³/mol. The lowest BCUT2D eigenvalue weighted by Crippen LogP contribution is -2.62. The lowest BCUT2D eigenvalue weighted by atomic mass is 9.98. The number of rotatable bonds is 13. The zero-order valence-corrected chi connectivity index (χ0v) is 34.8. The van der Waals surface area contributed by atoms with Crippen LogP contribution in [0, 0.1) is 0 Å². The first kappa shape index (κ1) is 48.3. The van der Waals surface area contributed by atoms with Crippen LogP contribution in [0.3, 0.4) is 0 Å². The molecule has 4 heterocycles. The minimum atomic E-state index is -1.97. The van der Waals surface area contributed by atoms with Gasteiger partial charge in [-0.1, -0.05) is 6.07 Å². The molecule has 3 saturated heterocycles. The topological polar surface area (TPSA) is 365 Å². The van der Waals surface area contributed by atoms with Crippen LogP contribution >= 0.6 is 0 Å². The Kier molecular flexibility index (Phi) is 14.7. The van der Waals surface area contributed by atoms with Crippen LogP contribution in [0.2, 0.25) is 0 Å². The molecule has 23 nitrogen and oxygen atoms in total. The molecule has 0 radical (unpaired) electrons. The number of esters is 1. The van der Waals surface area contributed by atoms with E-state index < -0.39 is 123 Å². The molecule has 0 spiro atoms. The van der Waals surface area contributed by atoms with Crippen LogP contribution in [-0.2, 0) is 28.5 Å². The molecular formula is C43H49O23+. The van der Waals surface area contributed by atoms with Crippen LogP contribution in [-0.4, -0.2) is 185 Å². The second-order valence-corrected chi connectivity index (χ2v) is 15.6. The molecule has 7 unspecified atom stereocenters. The van der Waals surface area contributed by atoms with E-state index in [4.69, 9.17) is 42.3 Å². The lowest BCUT2D eigenvalue weighted by Gasteiger charge is -2.42. The van der Waals surface area contributed by atoms with Gasteiger partial charge in [-0.3, -0.25) is 0 Å². The number of aliphatic hydroxyl groups excluding tert-OH is 9. The van der Waals surface area contributed by atoms with Crippen molar-refractivity contribution in [3.8, 4) is 51.6 Å². The summed E-state index contributed by atoms with van der Waals surface area (Å²) in [6, 6.07) is 11.4. The van der Waals surface area contributed by atoms with Gasteiger partial charge in [0.2, 0.25) is 18.3 Å².